The van der Waals surface area contributed by atoms with Crippen molar-refractivity contribution in [2.75, 3.05) is 26.6 Å². The summed E-state index contributed by atoms with van der Waals surface area (Å²) in [6.45, 7) is 1.68. The predicted octanol–water partition coefficient (Wildman–Crippen LogP) is 2.98. The Bertz CT molecular complexity index is 931. The Morgan fingerprint density at radius 3 is 2.17 bits per heavy atom. The molecule has 0 unspecified atom stereocenters. The number of ether oxygens (including phenoxy) is 3. The summed E-state index contributed by atoms with van der Waals surface area (Å²) in [6.07, 6.45) is 0. The summed E-state index contributed by atoms with van der Waals surface area (Å²) in [5, 5.41) is 8.32. The van der Waals surface area contributed by atoms with Crippen LogP contribution in [0, 0.1) is 0 Å². The molecule has 1 atom stereocenters. The molecule has 0 aromatic heterocycles. The molecule has 0 saturated heterocycles. The van der Waals surface area contributed by atoms with Crippen LogP contribution in [0.15, 0.2) is 53.7 Å². The Morgan fingerprint density at radius 2 is 1.62 bits per heavy atom. The fourth-order valence-electron chi connectivity index (χ4n) is 3.23. The lowest BCUT2D eigenvalue weighted by Gasteiger charge is -2.29. The lowest BCUT2D eigenvalue weighted by Crippen LogP contribution is -2.46. The molecule has 0 saturated carbocycles. The predicted molar refractivity (Wildman–Crippen MR) is 108 cm³/mol. The van der Waals surface area contributed by atoms with Crippen LogP contribution in [0.3, 0.4) is 0 Å². The van der Waals surface area contributed by atoms with Crippen molar-refractivity contribution in [1.29, 1.82) is 0 Å². The third-order valence-electron chi connectivity index (χ3n) is 4.57. The van der Waals surface area contributed by atoms with Gasteiger partial charge in [-0.3, -0.25) is 4.79 Å². The zero-order valence-electron chi connectivity index (χ0n) is 16.7. The van der Waals surface area contributed by atoms with Crippen LogP contribution < -0.4 is 30.2 Å². The highest BCUT2D eigenvalue weighted by atomic mass is 16.5. The third kappa shape index (κ3) is 4.11. The summed E-state index contributed by atoms with van der Waals surface area (Å²) in [5.74, 6) is 0.945. The number of hydrogen-bond donors (Lipinski definition) is 3. The van der Waals surface area contributed by atoms with Crippen LogP contribution in [-0.4, -0.2) is 33.3 Å². The van der Waals surface area contributed by atoms with E-state index in [1.807, 2.05) is 18.2 Å². The molecule has 29 heavy (non-hydrogen) atoms. The summed E-state index contributed by atoms with van der Waals surface area (Å²) >= 11 is 0. The molecule has 0 fully saturated rings. The molecule has 1 heterocycles. The van der Waals surface area contributed by atoms with Crippen LogP contribution in [0.5, 0.6) is 17.2 Å². The molecule has 8 heteroatoms. The molecular weight excluding hydrogens is 374 g/mol. The zero-order valence-corrected chi connectivity index (χ0v) is 16.7. The maximum atomic E-state index is 13.1. The number of anilines is 1. The molecule has 0 radical (unpaired) electrons. The van der Waals surface area contributed by atoms with Gasteiger partial charge in [0.1, 0.15) is 0 Å². The average molecular weight is 397 g/mol. The maximum Gasteiger partial charge on any atom is 0.319 e. The number of nitrogens with one attached hydrogen (secondary N) is 3. The fraction of sp³-hybridized carbons (Fsp3) is 0.238. The molecule has 3 N–H and O–H groups in total. The number of methoxy groups -OCH3 is 3. The number of amides is 3. The van der Waals surface area contributed by atoms with Crippen molar-refractivity contribution >= 4 is 17.6 Å². The first-order valence-electron chi connectivity index (χ1n) is 8.93. The molecule has 2 aromatic carbocycles. The van der Waals surface area contributed by atoms with E-state index in [2.05, 4.69) is 16.0 Å². The highest BCUT2D eigenvalue weighted by Crippen LogP contribution is 2.41. The van der Waals surface area contributed by atoms with Crippen molar-refractivity contribution < 1.29 is 23.8 Å². The monoisotopic (exact) mass is 397 g/mol. The van der Waals surface area contributed by atoms with E-state index >= 15 is 0 Å². The van der Waals surface area contributed by atoms with Gasteiger partial charge in [-0.1, -0.05) is 18.2 Å². The number of carbonyl (C=O) groups excluding carboxylic acids is 2. The smallest absolute Gasteiger partial charge is 0.319 e. The lowest BCUT2D eigenvalue weighted by atomic mass is 9.94. The van der Waals surface area contributed by atoms with Crippen molar-refractivity contribution in [2.45, 2.75) is 13.0 Å². The SMILES string of the molecule is COc1cc([C@H]2NC(=O)NC(C)=C2C(=O)Nc2ccccc2)cc(OC)c1OC. The van der Waals surface area contributed by atoms with E-state index < -0.39 is 12.1 Å². The zero-order chi connectivity index (χ0) is 21.0. The number of para-hydroxylation sites is 1. The minimum absolute atomic E-state index is 0.333. The van der Waals surface area contributed by atoms with Crippen LogP contribution in [0.4, 0.5) is 10.5 Å². The summed E-state index contributed by atoms with van der Waals surface area (Å²) in [7, 11) is 4.52. The van der Waals surface area contributed by atoms with Crippen LogP contribution in [-0.2, 0) is 4.79 Å². The summed E-state index contributed by atoms with van der Waals surface area (Å²) in [6, 6.07) is 11.4. The van der Waals surface area contributed by atoms with E-state index in [-0.39, 0.29) is 5.91 Å². The molecule has 3 amide bonds. The van der Waals surface area contributed by atoms with Gasteiger partial charge in [0.15, 0.2) is 11.5 Å². The largest absolute Gasteiger partial charge is 0.493 e. The number of rotatable bonds is 6. The number of carbonyl (C=O) groups is 2. The Labute approximate surface area is 168 Å². The molecule has 0 aliphatic carbocycles. The Balaban J connectivity index is 2.05. The highest BCUT2D eigenvalue weighted by molar-refractivity contribution is 6.06. The van der Waals surface area contributed by atoms with Gasteiger partial charge in [0.05, 0.1) is 32.9 Å². The van der Waals surface area contributed by atoms with Crippen LogP contribution in [0.2, 0.25) is 0 Å². The third-order valence-corrected chi connectivity index (χ3v) is 4.57. The van der Waals surface area contributed by atoms with Crippen molar-refractivity contribution in [3.05, 3.63) is 59.3 Å². The molecule has 8 nitrogen and oxygen atoms in total. The quantitative estimate of drug-likeness (QED) is 0.696. The topological polar surface area (TPSA) is 97.9 Å². The van der Waals surface area contributed by atoms with Gasteiger partial charge in [-0.05, 0) is 36.8 Å². The van der Waals surface area contributed by atoms with Crippen molar-refractivity contribution in [3.8, 4) is 17.2 Å². The Hall–Kier alpha value is -3.68. The molecule has 0 bridgehead atoms. The van der Waals surface area contributed by atoms with Crippen molar-refractivity contribution in [2.24, 2.45) is 0 Å². The van der Waals surface area contributed by atoms with Gasteiger partial charge in [-0.25, -0.2) is 4.79 Å². The van der Waals surface area contributed by atoms with Gasteiger partial charge in [0.25, 0.3) is 5.91 Å². The summed E-state index contributed by atoms with van der Waals surface area (Å²) in [5.41, 5.74) is 2.11. The van der Waals surface area contributed by atoms with E-state index in [1.54, 1.807) is 31.2 Å². The van der Waals surface area contributed by atoms with E-state index in [0.717, 1.165) is 0 Å². The molecule has 1 aliphatic rings. The standard InChI is InChI=1S/C21H23N3O5/c1-12-17(20(25)23-14-8-6-5-7-9-14)18(24-21(26)22-12)13-10-15(27-2)19(29-4)16(11-13)28-3/h5-11,18H,1-4H3,(H,23,25)(H2,22,24,26)/t18-/m1/s1. The molecule has 2 aromatic rings. The van der Waals surface area contributed by atoms with Gasteiger partial charge in [-0.2, -0.15) is 0 Å². The maximum absolute atomic E-state index is 13.1. The normalized spacial score (nSPS) is 15.9. The lowest BCUT2D eigenvalue weighted by molar-refractivity contribution is -0.113. The highest BCUT2D eigenvalue weighted by Gasteiger charge is 2.32. The second-order valence-electron chi connectivity index (χ2n) is 6.35. The Morgan fingerprint density at radius 1 is 1.00 bits per heavy atom. The second kappa shape index (κ2) is 8.55. The van der Waals surface area contributed by atoms with Gasteiger partial charge in [0.2, 0.25) is 5.75 Å². The summed E-state index contributed by atoms with van der Waals surface area (Å²) in [4.78, 5) is 25.2. The van der Waals surface area contributed by atoms with Crippen molar-refractivity contribution in [3.63, 3.8) is 0 Å². The first-order valence-corrected chi connectivity index (χ1v) is 8.93. The first kappa shape index (κ1) is 20.1. The first-order chi connectivity index (χ1) is 14.0. The van der Waals surface area contributed by atoms with E-state index in [1.165, 1.54) is 21.3 Å². The van der Waals surface area contributed by atoms with Crippen LogP contribution >= 0.6 is 0 Å². The van der Waals surface area contributed by atoms with Crippen molar-refractivity contribution in [1.82, 2.24) is 10.6 Å². The summed E-state index contributed by atoms with van der Waals surface area (Å²) < 4.78 is 16.2. The van der Waals surface area contributed by atoms with Crippen LogP contribution in [0.1, 0.15) is 18.5 Å². The van der Waals surface area contributed by atoms with E-state index in [4.69, 9.17) is 14.2 Å². The number of allylic oxidation sites excluding steroid dienone is 1. The minimum atomic E-state index is -0.707. The van der Waals surface area contributed by atoms with E-state index in [0.29, 0.717) is 39.8 Å². The molecule has 3 rings (SSSR count). The minimum Gasteiger partial charge on any atom is -0.493 e. The molecule has 0 spiro atoms. The number of hydrogen-bond acceptors (Lipinski definition) is 5. The molecular formula is C21H23N3O5. The van der Waals surface area contributed by atoms with Gasteiger partial charge in [0, 0.05) is 11.4 Å². The van der Waals surface area contributed by atoms with Crippen LogP contribution in [0.25, 0.3) is 0 Å². The number of urea groups is 1. The second-order valence-corrected chi connectivity index (χ2v) is 6.35. The molecule has 152 valence electrons. The Kier molecular flexibility index (Phi) is 5.92. The van der Waals surface area contributed by atoms with E-state index in [9.17, 15) is 9.59 Å². The van der Waals surface area contributed by atoms with Gasteiger partial charge in [-0.15, -0.1) is 0 Å². The average Bonchev–Trinajstić information content (AvgIpc) is 2.72. The van der Waals surface area contributed by atoms with Gasteiger partial charge < -0.3 is 30.2 Å². The number of benzene rings is 2. The molecule has 1 aliphatic heterocycles. The van der Waals surface area contributed by atoms with Gasteiger partial charge >= 0.3 is 6.03 Å². The fourth-order valence-corrected chi connectivity index (χ4v) is 3.23.